The van der Waals surface area contributed by atoms with Crippen molar-refractivity contribution in [2.75, 3.05) is 25.3 Å². The van der Waals surface area contributed by atoms with Crippen molar-refractivity contribution in [3.63, 3.8) is 0 Å². The summed E-state index contributed by atoms with van der Waals surface area (Å²) in [7, 11) is 1.65. The molecule has 1 fully saturated rings. The molecule has 8 heteroatoms. The first-order valence-corrected chi connectivity index (χ1v) is 10.0. The van der Waals surface area contributed by atoms with Gasteiger partial charge in [-0.15, -0.1) is 0 Å². The normalized spacial score (nSPS) is 19.5. The van der Waals surface area contributed by atoms with E-state index in [2.05, 4.69) is 11.9 Å². The van der Waals surface area contributed by atoms with Crippen molar-refractivity contribution in [3.8, 4) is 17.0 Å². The Morgan fingerprint density at radius 1 is 1.28 bits per heavy atom. The molecule has 1 aromatic carbocycles. The van der Waals surface area contributed by atoms with Gasteiger partial charge in [0, 0.05) is 44.0 Å². The minimum absolute atomic E-state index is 0.0650. The molecular weight excluding hydrogens is 396 g/mol. The number of hydrogen-bond donors (Lipinski definition) is 1. The highest BCUT2D eigenvalue weighted by Crippen LogP contribution is 2.46. The highest BCUT2D eigenvalue weighted by Gasteiger charge is 2.39. The average Bonchev–Trinajstić information content (AvgIpc) is 3.07. The van der Waals surface area contributed by atoms with Crippen molar-refractivity contribution in [2.45, 2.75) is 38.3 Å². The van der Waals surface area contributed by atoms with Gasteiger partial charge in [0.05, 0.1) is 23.4 Å². The number of ether oxygens (including phenoxy) is 2. The molecule has 0 saturated carbocycles. The number of halogens is 1. The van der Waals surface area contributed by atoms with Crippen molar-refractivity contribution in [1.29, 1.82) is 0 Å². The maximum Gasteiger partial charge on any atom is 0.341 e. The van der Waals surface area contributed by atoms with Crippen LogP contribution in [0.4, 0.5) is 0 Å². The Hall–Kier alpha value is -2.51. The molecule has 0 amide bonds. The first kappa shape index (κ1) is 19.8. The van der Waals surface area contributed by atoms with Crippen molar-refractivity contribution < 1.29 is 19.4 Å². The standard InChI is InChI=1S/C21H23ClN2O5/c1-12-4-5-17-14-9-20(29-7-3-6-28-2)16(22)8-13(14)18-10-19(25)15(21(26)27)11-23(18)24(12)17/h8-12,17H,3-7H2,1-2H3,(H,26,27)/t12-,17+/m1/s1. The minimum Gasteiger partial charge on any atom is -0.492 e. The van der Waals surface area contributed by atoms with Gasteiger partial charge in [-0.3, -0.25) is 9.47 Å². The number of benzene rings is 1. The number of methoxy groups -OCH3 is 1. The van der Waals surface area contributed by atoms with Crippen molar-refractivity contribution in [1.82, 2.24) is 4.68 Å². The Labute approximate surface area is 173 Å². The molecule has 2 aliphatic heterocycles. The van der Waals surface area contributed by atoms with Crippen LogP contribution >= 0.6 is 11.6 Å². The molecule has 1 N–H and O–H groups in total. The Morgan fingerprint density at radius 3 is 2.79 bits per heavy atom. The second-order valence-corrected chi connectivity index (χ2v) is 7.88. The van der Waals surface area contributed by atoms with E-state index in [0.29, 0.717) is 29.7 Å². The molecule has 7 nitrogen and oxygen atoms in total. The number of pyridine rings is 1. The van der Waals surface area contributed by atoms with Gasteiger partial charge in [0.1, 0.15) is 11.3 Å². The summed E-state index contributed by atoms with van der Waals surface area (Å²) in [4.78, 5) is 23.9. The zero-order chi connectivity index (χ0) is 20.7. The van der Waals surface area contributed by atoms with Crippen LogP contribution in [-0.4, -0.2) is 42.1 Å². The molecule has 29 heavy (non-hydrogen) atoms. The summed E-state index contributed by atoms with van der Waals surface area (Å²) in [6.45, 7) is 3.21. The van der Waals surface area contributed by atoms with E-state index in [9.17, 15) is 14.7 Å². The van der Waals surface area contributed by atoms with Gasteiger partial charge in [-0.1, -0.05) is 11.6 Å². The van der Waals surface area contributed by atoms with E-state index in [1.54, 1.807) is 7.11 Å². The van der Waals surface area contributed by atoms with E-state index in [1.807, 2.05) is 16.8 Å². The molecule has 0 radical (unpaired) electrons. The van der Waals surface area contributed by atoms with Crippen LogP contribution in [-0.2, 0) is 4.74 Å². The molecule has 2 aromatic rings. The molecule has 0 bridgehead atoms. The zero-order valence-corrected chi connectivity index (χ0v) is 17.1. The van der Waals surface area contributed by atoms with Gasteiger partial charge in [-0.2, -0.15) is 0 Å². The third-order valence-electron chi connectivity index (χ3n) is 5.63. The molecule has 4 rings (SSSR count). The van der Waals surface area contributed by atoms with Crippen LogP contribution in [0.15, 0.2) is 29.2 Å². The number of carboxylic acid groups (broad SMARTS) is 1. The SMILES string of the molecule is COCCCOc1cc2c(cc1Cl)-c1cc(=O)c(C(=O)O)cn1N1[C@H](C)CC[C@@H]21. The number of nitrogens with zero attached hydrogens (tertiary/aromatic N) is 2. The Kier molecular flexibility index (Phi) is 5.27. The van der Waals surface area contributed by atoms with Gasteiger partial charge in [-0.25, -0.2) is 4.79 Å². The first-order chi connectivity index (χ1) is 13.9. The highest BCUT2D eigenvalue weighted by atomic mass is 35.5. The Morgan fingerprint density at radius 2 is 2.07 bits per heavy atom. The smallest absolute Gasteiger partial charge is 0.341 e. The second kappa shape index (κ2) is 7.72. The van der Waals surface area contributed by atoms with Gasteiger partial charge >= 0.3 is 5.97 Å². The molecular formula is C21H23ClN2O5. The maximum atomic E-state index is 12.4. The van der Waals surface area contributed by atoms with Crippen LogP contribution in [0, 0.1) is 0 Å². The topological polar surface area (TPSA) is 81.0 Å². The van der Waals surface area contributed by atoms with Crippen molar-refractivity contribution in [3.05, 3.63) is 50.8 Å². The molecule has 2 aliphatic rings. The third kappa shape index (κ3) is 3.38. The van der Waals surface area contributed by atoms with Gasteiger partial charge in [-0.05, 0) is 37.5 Å². The number of hydrogen-bond acceptors (Lipinski definition) is 5. The fraction of sp³-hybridized carbons (Fsp3) is 0.429. The number of rotatable bonds is 6. The van der Waals surface area contributed by atoms with Gasteiger partial charge in [0.15, 0.2) is 5.43 Å². The van der Waals surface area contributed by atoms with Crippen molar-refractivity contribution in [2.24, 2.45) is 0 Å². The van der Waals surface area contributed by atoms with E-state index in [1.165, 1.54) is 12.3 Å². The molecule has 1 aromatic heterocycles. The Bertz CT molecular complexity index is 1020. The van der Waals surface area contributed by atoms with Gasteiger partial charge < -0.3 is 19.6 Å². The number of fused-ring (bicyclic) bond motifs is 6. The number of carbonyl (C=O) groups is 1. The quantitative estimate of drug-likeness (QED) is 0.723. The molecule has 154 valence electrons. The van der Waals surface area contributed by atoms with Crippen LogP contribution in [0.3, 0.4) is 0 Å². The lowest BCUT2D eigenvalue weighted by Gasteiger charge is -2.40. The van der Waals surface area contributed by atoms with Crippen LogP contribution in [0.25, 0.3) is 11.3 Å². The maximum absolute atomic E-state index is 12.4. The van der Waals surface area contributed by atoms with Crippen molar-refractivity contribution >= 4 is 17.6 Å². The summed E-state index contributed by atoms with van der Waals surface area (Å²) in [5, 5.41) is 12.0. The summed E-state index contributed by atoms with van der Waals surface area (Å²) >= 11 is 6.48. The zero-order valence-electron chi connectivity index (χ0n) is 16.4. The lowest BCUT2D eigenvalue weighted by Crippen LogP contribution is -2.43. The van der Waals surface area contributed by atoms with E-state index in [4.69, 9.17) is 21.1 Å². The fourth-order valence-corrected chi connectivity index (χ4v) is 4.49. The number of carboxylic acids is 1. The van der Waals surface area contributed by atoms with Crippen LogP contribution in [0.2, 0.25) is 5.02 Å². The van der Waals surface area contributed by atoms with Crippen LogP contribution in [0.1, 0.15) is 48.1 Å². The Balaban J connectivity index is 1.83. The second-order valence-electron chi connectivity index (χ2n) is 7.47. The molecule has 1 saturated heterocycles. The lowest BCUT2D eigenvalue weighted by atomic mass is 9.94. The summed E-state index contributed by atoms with van der Waals surface area (Å²) < 4.78 is 12.7. The summed E-state index contributed by atoms with van der Waals surface area (Å²) in [5.41, 5.74) is 1.77. The van der Waals surface area contributed by atoms with E-state index in [-0.39, 0.29) is 17.6 Å². The van der Waals surface area contributed by atoms with E-state index >= 15 is 0 Å². The van der Waals surface area contributed by atoms with Crippen LogP contribution < -0.4 is 15.2 Å². The molecule has 0 spiro atoms. The largest absolute Gasteiger partial charge is 0.492 e. The summed E-state index contributed by atoms with van der Waals surface area (Å²) in [5.74, 6) is -0.615. The summed E-state index contributed by atoms with van der Waals surface area (Å²) in [6, 6.07) is 5.43. The highest BCUT2D eigenvalue weighted by molar-refractivity contribution is 6.32. The average molecular weight is 419 g/mol. The van der Waals surface area contributed by atoms with Gasteiger partial charge in [0.2, 0.25) is 0 Å². The van der Waals surface area contributed by atoms with E-state index < -0.39 is 11.4 Å². The monoisotopic (exact) mass is 418 g/mol. The molecule has 0 aliphatic carbocycles. The van der Waals surface area contributed by atoms with Crippen LogP contribution in [0.5, 0.6) is 5.75 Å². The number of aromatic nitrogens is 1. The predicted octanol–water partition coefficient (Wildman–Crippen LogP) is 3.46. The lowest BCUT2D eigenvalue weighted by molar-refractivity contribution is 0.0694. The third-order valence-corrected chi connectivity index (χ3v) is 5.92. The molecule has 3 heterocycles. The van der Waals surface area contributed by atoms with E-state index in [0.717, 1.165) is 30.4 Å². The summed E-state index contributed by atoms with van der Waals surface area (Å²) in [6.07, 6.45) is 4.07. The predicted molar refractivity (Wildman–Crippen MR) is 110 cm³/mol. The fourth-order valence-electron chi connectivity index (χ4n) is 4.27. The molecule has 0 unspecified atom stereocenters. The number of aromatic carboxylic acids is 1. The molecule has 2 atom stereocenters. The first-order valence-electron chi connectivity index (χ1n) is 9.66. The van der Waals surface area contributed by atoms with Gasteiger partial charge in [0.25, 0.3) is 0 Å². The minimum atomic E-state index is -1.22.